The van der Waals surface area contributed by atoms with Gasteiger partial charge in [0.05, 0.1) is 0 Å². The Labute approximate surface area is 102 Å². The van der Waals surface area contributed by atoms with E-state index in [0.29, 0.717) is 0 Å². The zero-order valence-electron chi connectivity index (χ0n) is 7.88. The van der Waals surface area contributed by atoms with Crippen LogP contribution in [-0.2, 0) is 11.8 Å². The van der Waals surface area contributed by atoms with E-state index >= 15 is 0 Å². The van der Waals surface area contributed by atoms with Crippen molar-refractivity contribution in [1.82, 2.24) is 0 Å². The van der Waals surface area contributed by atoms with E-state index in [1.807, 2.05) is 0 Å². The molecule has 1 aromatic heterocycles. The third-order valence-electron chi connectivity index (χ3n) is 2.45. The van der Waals surface area contributed by atoms with Crippen LogP contribution in [0.25, 0.3) is 10.1 Å². The molecular weight excluding hydrogens is 276 g/mol. The molecule has 0 saturated carbocycles. The highest BCUT2D eigenvalue weighted by atomic mass is 79.9. The van der Waals surface area contributed by atoms with Crippen LogP contribution in [0.15, 0.2) is 22.4 Å². The third kappa shape index (κ3) is 1.62. The zero-order chi connectivity index (χ0) is 10.1. The van der Waals surface area contributed by atoms with Gasteiger partial charge in [-0.1, -0.05) is 22.9 Å². The summed E-state index contributed by atoms with van der Waals surface area (Å²) in [5, 5.41) is 4.43. The van der Waals surface area contributed by atoms with Gasteiger partial charge in [-0.05, 0) is 40.4 Å². The van der Waals surface area contributed by atoms with Crippen LogP contribution >= 0.6 is 39.9 Å². The van der Waals surface area contributed by atoms with Crippen molar-refractivity contribution in [2.75, 3.05) is 0 Å². The highest BCUT2D eigenvalue weighted by Gasteiger charge is 2.09. The van der Waals surface area contributed by atoms with Crippen molar-refractivity contribution in [3.05, 3.63) is 28.6 Å². The van der Waals surface area contributed by atoms with Crippen LogP contribution in [-0.4, -0.2) is 0 Å². The summed E-state index contributed by atoms with van der Waals surface area (Å²) in [4.78, 5) is 1.11. The number of hydrogen-bond donors (Lipinski definition) is 1. The average Bonchev–Trinajstić information content (AvgIpc) is 2.62. The first-order chi connectivity index (χ1) is 6.77. The SMILES string of the molecule is CCc1c(CBr)c(S)cc2sccc12. The van der Waals surface area contributed by atoms with E-state index in [-0.39, 0.29) is 0 Å². The van der Waals surface area contributed by atoms with Gasteiger partial charge in [-0.2, -0.15) is 0 Å². The van der Waals surface area contributed by atoms with E-state index in [1.54, 1.807) is 11.3 Å². The van der Waals surface area contributed by atoms with Gasteiger partial charge < -0.3 is 0 Å². The molecular formula is C11H11BrS2. The lowest BCUT2D eigenvalue weighted by Gasteiger charge is -2.09. The summed E-state index contributed by atoms with van der Waals surface area (Å²) in [7, 11) is 0. The molecule has 0 aliphatic rings. The molecule has 14 heavy (non-hydrogen) atoms. The van der Waals surface area contributed by atoms with Crippen molar-refractivity contribution in [3.63, 3.8) is 0 Å². The third-order valence-corrected chi connectivity index (χ3v) is 4.27. The van der Waals surface area contributed by atoms with E-state index in [4.69, 9.17) is 0 Å². The Morgan fingerprint density at radius 1 is 1.43 bits per heavy atom. The summed E-state index contributed by atoms with van der Waals surface area (Å²) in [6.07, 6.45) is 1.07. The van der Waals surface area contributed by atoms with Gasteiger partial charge in [-0.3, -0.25) is 0 Å². The number of fused-ring (bicyclic) bond motifs is 1. The van der Waals surface area contributed by atoms with Crippen molar-refractivity contribution in [3.8, 4) is 0 Å². The van der Waals surface area contributed by atoms with Gasteiger partial charge in [0.15, 0.2) is 0 Å². The van der Waals surface area contributed by atoms with Gasteiger partial charge in [0, 0.05) is 14.9 Å². The maximum atomic E-state index is 4.53. The molecule has 0 radical (unpaired) electrons. The van der Waals surface area contributed by atoms with Crippen molar-refractivity contribution in [2.24, 2.45) is 0 Å². The predicted molar refractivity (Wildman–Crippen MR) is 71.1 cm³/mol. The molecule has 0 nitrogen and oxygen atoms in total. The van der Waals surface area contributed by atoms with Crippen molar-refractivity contribution < 1.29 is 0 Å². The summed E-state index contributed by atoms with van der Waals surface area (Å²) in [6.45, 7) is 2.20. The molecule has 1 aromatic carbocycles. The molecule has 0 atom stereocenters. The largest absolute Gasteiger partial charge is 0.144 e. The molecule has 2 aromatic rings. The second-order valence-electron chi connectivity index (χ2n) is 3.17. The number of benzene rings is 1. The van der Waals surface area contributed by atoms with Crippen LogP contribution in [0.3, 0.4) is 0 Å². The Bertz CT molecular complexity index is 460. The summed E-state index contributed by atoms with van der Waals surface area (Å²) < 4.78 is 1.34. The first kappa shape index (κ1) is 10.5. The minimum atomic E-state index is 0.890. The maximum absolute atomic E-state index is 4.53. The van der Waals surface area contributed by atoms with E-state index < -0.39 is 0 Å². The summed E-state index contributed by atoms with van der Waals surface area (Å²) in [6, 6.07) is 4.37. The van der Waals surface area contributed by atoms with Gasteiger partial charge in [-0.25, -0.2) is 0 Å². The lowest BCUT2D eigenvalue weighted by atomic mass is 10.0. The molecule has 0 aliphatic heterocycles. The molecule has 0 unspecified atom stereocenters. The fourth-order valence-electron chi connectivity index (χ4n) is 1.76. The van der Waals surface area contributed by atoms with Crippen molar-refractivity contribution >= 4 is 50.0 Å². The highest BCUT2D eigenvalue weighted by molar-refractivity contribution is 9.08. The van der Waals surface area contributed by atoms with E-state index in [1.165, 1.54) is 21.2 Å². The van der Waals surface area contributed by atoms with Crippen LogP contribution < -0.4 is 0 Å². The first-order valence-electron chi connectivity index (χ1n) is 4.54. The van der Waals surface area contributed by atoms with E-state index in [0.717, 1.165) is 16.6 Å². The number of thiophene rings is 1. The quantitative estimate of drug-likeness (QED) is 0.603. The minimum absolute atomic E-state index is 0.890. The Kier molecular flexibility index (Phi) is 3.20. The Balaban J connectivity index is 2.82. The smallest absolute Gasteiger partial charge is 0.0356 e. The standard InChI is InChI=1S/C11H11BrS2/c1-2-7-8-3-4-14-11(8)5-10(13)9(7)6-12/h3-5,13H,2,6H2,1H3. The van der Waals surface area contributed by atoms with Gasteiger partial charge >= 0.3 is 0 Å². The van der Waals surface area contributed by atoms with E-state index in [9.17, 15) is 0 Å². The number of rotatable bonds is 2. The number of alkyl halides is 1. The lowest BCUT2D eigenvalue weighted by Crippen LogP contribution is -1.91. The Morgan fingerprint density at radius 2 is 2.21 bits per heavy atom. The van der Waals surface area contributed by atoms with Gasteiger partial charge in [0.25, 0.3) is 0 Å². The minimum Gasteiger partial charge on any atom is -0.144 e. The topological polar surface area (TPSA) is 0 Å². The molecule has 0 N–H and O–H groups in total. The van der Waals surface area contributed by atoms with Crippen LogP contribution in [0.2, 0.25) is 0 Å². The van der Waals surface area contributed by atoms with Crippen LogP contribution in [0.1, 0.15) is 18.1 Å². The summed E-state index contributed by atoms with van der Waals surface area (Å²) in [5.41, 5.74) is 2.77. The molecule has 0 saturated heterocycles. The second-order valence-corrected chi connectivity index (χ2v) is 5.16. The maximum Gasteiger partial charge on any atom is 0.0356 e. The molecule has 0 bridgehead atoms. The van der Waals surface area contributed by atoms with Crippen LogP contribution in [0.5, 0.6) is 0 Å². The van der Waals surface area contributed by atoms with Crippen molar-refractivity contribution in [2.45, 2.75) is 23.6 Å². The molecule has 3 heteroatoms. The predicted octanol–water partition coefficient (Wildman–Crippen LogP) is 4.65. The van der Waals surface area contributed by atoms with Gasteiger partial charge in [0.2, 0.25) is 0 Å². The van der Waals surface area contributed by atoms with Gasteiger partial charge in [0.1, 0.15) is 0 Å². The molecule has 74 valence electrons. The van der Waals surface area contributed by atoms with Crippen molar-refractivity contribution in [1.29, 1.82) is 0 Å². The number of hydrogen-bond acceptors (Lipinski definition) is 2. The second kappa shape index (κ2) is 4.25. The van der Waals surface area contributed by atoms with Crippen LogP contribution in [0.4, 0.5) is 0 Å². The van der Waals surface area contributed by atoms with Crippen LogP contribution in [0, 0.1) is 0 Å². The average molecular weight is 287 g/mol. The molecule has 0 spiro atoms. The number of thiol groups is 1. The Morgan fingerprint density at radius 3 is 2.86 bits per heavy atom. The lowest BCUT2D eigenvalue weighted by molar-refractivity contribution is 1.10. The van der Waals surface area contributed by atoms with Gasteiger partial charge in [-0.15, -0.1) is 24.0 Å². The molecule has 0 amide bonds. The molecule has 2 rings (SSSR count). The first-order valence-corrected chi connectivity index (χ1v) is 6.99. The van der Waals surface area contributed by atoms with E-state index in [2.05, 4.69) is 53.0 Å². The number of halogens is 1. The normalized spacial score (nSPS) is 11.1. The fraction of sp³-hybridized carbons (Fsp3) is 0.273. The summed E-state index contributed by atoms with van der Waals surface area (Å²) in [5.74, 6) is 0. The highest BCUT2D eigenvalue weighted by Crippen LogP contribution is 2.33. The fourth-order valence-corrected chi connectivity index (χ4v) is 3.91. The summed E-state index contributed by atoms with van der Waals surface area (Å²) >= 11 is 9.84. The molecule has 0 fully saturated rings. The number of aryl methyl sites for hydroxylation is 1. The monoisotopic (exact) mass is 286 g/mol. The molecule has 0 aliphatic carbocycles. The zero-order valence-corrected chi connectivity index (χ0v) is 11.2. The Hall–Kier alpha value is 0.01000. The molecule has 1 heterocycles.